The SMILES string of the molecule is C[C@H](NC(c1cccs1)c1cccs1)c1ccccc1. The molecule has 0 spiro atoms. The third kappa shape index (κ3) is 3.01. The second kappa shape index (κ2) is 6.35. The van der Waals surface area contributed by atoms with Crippen molar-refractivity contribution < 1.29 is 0 Å². The molecule has 3 rings (SSSR count). The summed E-state index contributed by atoms with van der Waals surface area (Å²) < 4.78 is 0. The number of hydrogen-bond donors (Lipinski definition) is 1. The minimum absolute atomic E-state index is 0.283. The van der Waals surface area contributed by atoms with Crippen LogP contribution in [0, 0.1) is 0 Å². The van der Waals surface area contributed by atoms with Crippen LogP contribution in [0.2, 0.25) is 0 Å². The van der Waals surface area contributed by atoms with E-state index in [4.69, 9.17) is 0 Å². The zero-order valence-corrected chi connectivity index (χ0v) is 13.0. The lowest BCUT2D eigenvalue weighted by Crippen LogP contribution is -2.24. The summed E-state index contributed by atoms with van der Waals surface area (Å²) in [7, 11) is 0. The van der Waals surface area contributed by atoms with Gasteiger partial charge >= 0.3 is 0 Å². The van der Waals surface area contributed by atoms with Crippen LogP contribution < -0.4 is 5.32 Å². The highest BCUT2D eigenvalue weighted by Crippen LogP contribution is 2.31. The Morgan fingerprint density at radius 3 is 1.90 bits per heavy atom. The maximum atomic E-state index is 3.76. The van der Waals surface area contributed by atoms with E-state index in [9.17, 15) is 0 Å². The molecule has 3 aromatic rings. The molecule has 102 valence electrons. The van der Waals surface area contributed by atoms with E-state index in [1.807, 2.05) is 22.7 Å². The summed E-state index contributed by atoms with van der Waals surface area (Å²) in [6, 6.07) is 19.9. The molecule has 1 nitrogen and oxygen atoms in total. The summed E-state index contributed by atoms with van der Waals surface area (Å²) in [5.41, 5.74) is 1.32. The van der Waals surface area contributed by atoms with Gasteiger partial charge in [0.05, 0.1) is 6.04 Å². The highest BCUT2D eigenvalue weighted by molar-refractivity contribution is 7.11. The lowest BCUT2D eigenvalue weighted by molar-refractivity contribution is 0.526. The van der Waals surface area contributed by atoms with Crippen molar-refractivity contribution in [2.75, 3.05) is 0 Å². The van der Waals surface area contributed by atoms with Gasteiger partial charge in [0.1, 0.15) is 0 Å². The van der Waals surface area contributed by atoms with Crippen molar-refractivity contribution in [3.8, 4) is 0 Å². The van der Waals surface area contributed by atoms with Crippen molar-refractivity contribution in [2.24, 2.45) is 0 Å². The first-order valence-corrected chi connectivity index (χ1v) is 8.48. The van der Waals surface area contributed by atoms with E-state index in [1.54, 1.807) is 0 Å². The van der Waals surface area contributed by atoms with Gasteiger partial charge in [-0.3, -0.25) is 5.32 Å². The third-order valence-corrected chi connectivity index (χ3v) is 5.25. The van der Waals surface area contributed by atoms with E-state index >= 15 is 0 Å². The number of rotatable bonds is 5. The van der Waals surface area contributed by atoms with Crippen molar-refractivity contribution in [3.05, 3.63) is 80.7 Å². The van der Waals surface area contributed by atoms with E-state index in [0.29, 0.717) is 6.04 Å². The van der Waals surface area contributed by atoms with Crippen LogP contribution in [0.25, 0.3) is 0 Å². The quantitative estimate of drug-likeness (QED) is 0.678. The fourth-order valence-electron chi connectivity index (χ4n) is 2.30. The summed E-state index contributed by atoms with van der Waals surface area (Å²) in [5.74, 6) is 0. The Bertz CT molecular complexity index is 580. The Hall–Kier alpha value is -1.42. The van der Waals surface area contributed by atoms with Crippen molar-refractivity contribution in [1.29, 1.82) is 0 Å². The number of hydrogen-bond acceptors (Lipinski definition) is 3. The highest BCUT2D eigenvalue weighted by atomic mass is 32.1. The van der Waals surface area contributed by atoms with Gasteiger partial charge < -0.3 is 0 Å². The fraction of sp³-hybridized carbons (Fsp3) is 0.176. The van der Waals surface area contributed by atoms with Crippen LogP contribution in [-0.4, -0.2) is 0 Å². The van der Waals surface area contributed by atoms with Crippen LogP contribution in [0.4, 0.5) is 0 Å². The lowest BCUT2D eigenvalue weighted by Gasteiger charge is -2.22. The molecule has 2 heterocycles. The third-order valence-electron chi connectivity index (χ3n) is 3.37. The second-order valence-corrected chi connectivity index (χ2v) is 6.72. The van der Waals surface area contributed by atoms with Crippen molar-refractivity contribution in [2.45, 2.75) is 19.0 Å². The van der Waals surface area contributed by atoms with Crippen LogP contribution in [-0.2, 0) is 0 Å². The Kier molecular flexibility index (Phi) is 4.31. The molecular weight excluding hydrogens is 282 g/mol. The average Bonchev–Trinajstić information content (AvgIpc) is 3.19. The summed E-state index contributed by atoms with van der Waals surface area (Å²) in [4.78, 5) is 2.74. The van der Waals surface area contributed by atoms with E-state index in [1.165, 1.54) is 15.3 Å². The van der Waals surface area contributed by atoms with E-state index in [0.717, 1.165) is 0 Å². The molecule has 0 saturated heterocycles. The molecule has 2 aromatic heterocycles. The molecule has 0 aliphatic carbocycles. The number of nitrogens with one attached hydrogen (secondary N) is 1. The number of benzene rings is 1. The van der Waals surface area contributed by atoms with Gasteiger partial charge in [0.15, 0.2) is 0 Å². The standard InChI is InChI=1S/C17H17NS2/c1-13(14-7-3-2-4-8-14)18-17(15-9-5-11-19-15)16-10-6-12-20-16/h2-13,17-18H,1H3/t13-/m0/s1. The highest BCUT2D eigenvalue weighted by Gasteiger charge is 2.18. The van der Waals surface area contributed by atoms with Crippen LogP contribution in [0.1, 0.15) is 34.3 Å². The minimum atomic E-state index is 0.283. The van der Waals surface area contributed by atoms with E-state index in [-0.39, 0.29) is 6.04 Å². The average molecular weight is 299 g/mol. The molecule has 1 aromatic carbocycles. The topological polar surface area (TPSA) is 12.0 Å². The molecule has 0 aliphatic heterocycles. The van der Waals surface area contributed by atoms with Gasteiger partial charge in [-0.2, -0.15) is 0 Å². The second-order valence-electron chi connectivity index (χ2n) is 4.76. The minimum Gasteiger partial charge on any atom is -0.298 e. The van der Waals surface area contributed by atoms with Crippen LogP contribution in [0.3, 0.4) is 0 Å². The molecule has 0 aliphatic rings. The first-order chi connectivity index (χ1) is 9.84. The van der Waals surface area contributed by atoms with Gasteiger partial charge in [-0.15, -0.1) is 22.7 Å². The summed E-state index contributed by atoms with van der Waals surface area (Å²) in [6.07, 6.45) is 0. The Morgan fingerprint density at radius 1 is 0.800 bits per heavy atom. The van der Waals surface area contributed by atoms with E-state index < -0.39 is 0 Å². The van der Waals surface area contributed by atoms with Crippen molar-refractivity contribution >= 4 is 22.7 Å². The predicted molar refractivity (Wildman–Crippen MR) is 88.5 cm³/mol. The van der Waals surface area contributed by atoms with E-state index in [2.05, 4.69) is 77.6 Å². The van der Waals surface area contributed by atoms with Crippen molar-refractivity contribution in [1.82, 2.24) is 5.32 Å². The molecule has 1 atom stereocenters. The normalized spacial score (nSPS) is 12.7. The summed E-state index contributed by atoms with van der Waals surface area (Å²) in [5, 5.41) is 8.05. The van der Waals surface area contributed by atoms with Crippen molar-refractivity contribution in [3.63, 3.8) is 0 Å². The molecule has 1 N–H and O–H groups in total. The molecule has 0 saturated carbocycles. The van der Waals surface area contributed by atoms with Gasteiger partial charge in [0.2, 0.25) is 0 Å². The maximum absolute atomic E-state index is 3.76. The monoisotopic (exact) mass is 299 g/mol. The largest absolute Gasteiger partial charge is 0.298 e. The molecule has 3 heteroatoms. The molecule has 0 unspecified atom stereocenters. The fourth-order valence-corrected chi connectivity index (χ4v) is 3.98. The molecule has 0 bridgehead atoms. The predicted octanol–water partition coefficient (Wildman–Crippen LogP) is 5.25. The first kappa shape index (κ1) is 13.6. The molecular formula is C17H17NS2. The smallest absolute Gasteiger partial charge is 0.0769 e. The van der Waals surface area contributed by atoms with Gasteiger partial charge in [-0.25, -0.2) is 0 Å². The van der Waals surface area contributed by atoms with Crippen LogP contribution >= 0.6 is 22.7 Å². The van der Waals surface area contributed by atoms with Crippen LogP contribution in [0.5, 0.6) is 0 Å². The Labute approximate surface area is 127 Å². The molecule has 20 heavy (non-hydrogen) atoms. The molecule has 0 radical (unpaired) electrons. The number of thiophene rings is 2. The Morgan fingerprint density at radius 2 is 1.40 bits per heavy atom. The molecule has 0 fully saturated rings. The lowest BCUT2D eigenvalue weighted by atomic mass is 10.1. The summed E-state index contributed by atoms with van der Waals surface area (Å²) in [6.45, 7) is 2.23. The van der Waals surface area contributed by atoms with Gasteiger partial charge in [0.25, 0.3) is 0 Å². The van der Waals surface area contributed by atoms with Gasteiger partial charge in [-0.1, -0.05) is 42.5 Å². The van der Waals surface area contributed by atoms with Gasteiger partial charge in [0, 0.05) is 15.8 Å². The maximum Gasteiger partial charge on any atom is 0.0769 e. The van der Waals surface area contributed by atoms with Gasteiger partial charge in [-0.05, 0) is 35.4 Å². The molecule has 0 amide bonds. The first-order valence-electron chi connectivity index (χ1n) is 6.72. The zero-order chi connectivity index (χ0) is 13.8. The summed E-state index contributed by atoms with van der Waals surface area (Å²) >= 11 is 3.62. The Balaban J connectivity index is 1.84. The van der Waals surface area contributed by atoms with Crippen LogP contribution in [0.15, 0.2) is 65.4 Å². The zero-order valence-electron chi connectivity index (χ0n) is 11.3.